The molecule has 0 aromatic heterocycles. The fourth-order valence-electron chi connectivity index (χ4n) is 3.72. The number of Topliss-reactive ketones (excluding diaryl/α,β-unsaturated/α-hetero) is 2. The summed E-state index contributed by atoms with van der Waals surface area (Å²) >= 11 is 0. The maximum absolute atomic E-state index is 13.2. The summed E-state index contributed by atoms with van der Waals surface area (Å²) in [7, 11) is 0. The second kappa shape index (κ2) is 7.31. The van der Waals surface area contributed by atoms with Gasteiger partial charge >= 0.3 is 0 Å². The van der Waals surface area contributed by atoms with Crippen LogP contribution < -0.4 is 5.32 Å². The zero-order chi connectivity index (χ0) is 19.7. The normalized spacial score (nSPS) is 17.2. The van der Waals surface area contributed by atoms with Crippen LogP contribution >= 0.6 is 0 Å². The summed E-state index contributed by atoms with van der Waals surface area (Å²) in [6.07, 6.45) is 2.02. The molecule has 1 aliphatic carbocycles. The van der Waals surface area contributed by atoms with E-state index in [1.807, 2.05) is 4.90 Å². The molecular weight excluding hydrogens is 354 g/mol. The Morgan fingerprint density at radius 3 is 2.18 bits per heavy atom. The Hall–Kier alpha value is -3.41. The number of carbonyl (C=O) groups excluding carboxylic acids is 2. The van der Waals surface area contributed by atoms with E-state index in [1.54, 1.807) is 55.5 Å². The maximum Gasteiger partial charge on any atom is 0.212 e. The van der Waals surface area contributed by atoms with Crippen molar-refractivity contribution in [2.75, 3.05) is 18.4 Å². The maximum atomic E-state index is 13.2. The van der Waals surface area contributed by atoms with Crippen molar-refractivity contribution in [1.29, 1.82) is 0 Å². The van der Waals surface area contributed by atoms with Crippen molar-refractivity contribution < 1.29 is 14.8 Å². The van der Waals surface area contributed by atoms with Crippen LogP contribution in [0.1, 0.15) is 46.0 Å². The highest BCUT2D eigenvalue weighted by Crippen LogP contribution is 2.31. The van der Waals surface area contributed by atoms with Gasteiger partial charge in [-0.05, 0) is 37.5 Å². The number of nitrogens with one attached hydrogen (secondary N) is 1. The molecule has 2 N–H and O–H groups in total. The molecule has 6 heteroatoms. The summed E-state index contributed by atoms with van der Waals surface area (Å²) in [6, 6.07) is 14.2. The number of likely N-dealkylation sites (tertiary alicyclic amines) is 1. The Bertz CT molecular complexity index is 1000. The Morgan fingerprint density at radius 1 is 0.964 bits per heavy atom. The number of ketones is 2. The number of fused-ring (bicyclic) bond motifs is 1. The topological polar surface area (TPSA) is 82.0 Å². The highest BCUT2D eigenvalue weighted by atomic mass is 16.4. The van der Waals surface area contributed by atoms with Crippen LogP contribution in [0.4, 0.5) is 5.69 Å². The van der Waals surface area contributed by atoms with Crippen LogP contribution in [0.5, 0.6) is 0 Å². The number of allylic oxidation sites excluding steroid dienone is 2. The number of nitrogens with zero attached hydrogens (tertiary/aromatic N) is 2. The van der Waals surface area contributed by atoms with Crippen LogP contribution in [0.15, 0.2) is 65.1 Å². The van der Waals surface area contributed by atoms with Gasteiger partial charge in [-0.25, -0.2) is 0 Å². The average Bonchev–Trinajstić information content (AvgIpc) is 3.26. The molecule has 1 saturated heterocycles. The zero-order valence-electron chi connectivity index (χ0n) is 15.6. The highest BCUT2D eigenvalue weighted by Gasteiger charge is 2.36. The van der Waals surface area contributed by atoms with Crippen LogP contribution in [-0.2, 0) is 0 Å². The summed E-state index contributed by atoms with van der Waals surface area (Å²) in [5.41, 5.74) is 3.65. The molecule has 2 aliphatic rings. The van der Waals surface area contributed by atoms with Gasteiger partial charge in [-0.15, -0.1) is 0 Å². The number of carbonyl (C=O) groups is 2. The van der Waals surface area contributed by atoms with Gasteiger partial charge in [-0.3, -0.25) is 9.59 Å². The lowest BCUT2D eigenvalue weighted by atomic mass is 9.89. The van der Waals surface area contributed by atoms with Crippen molar-refractivity contribution in [3.8, 4) is 0 Å². The monoisotopic (exact) mass is 375 g/mol. The van der Waals surface area contributed by atoms with E-state index in [0.717, 1.165) is 31.5 Å². The van der Waals surface area contributed by atoms with Crippen LogP contribution in [0.3, 0.4) is 0 Å². The van der Waals surface area contributed by atoms with Gasteiger partial charge in [0.05, 0.1) is 5.71 Å². The van der Waals surface area contributed by atoms with Crippen molar-refractivity contribution >= 4 is 23.0 Å². The van der Waals surface area contributed by atoms with Gasteiger partial charge in [0.15, 0.2) is 0 Å². The van der Waals surface area contributed by atoms with Crippen molar-refractivity contribution in [3.05, 3.63) is 76.6 Å². The molecule has 0 bridgehead atoms. The highest BCUT2D eigenvalue weighted by molar-refractivity contribution is 6.27. The predicted molar refractivity (Wildman–Crippen MR) is 107 cm³/mol. The molecule has 28 heavy (non-hydrogen) atoms. The molecule has 0 atom stereocenters. The average molecular weight is 375 g/mol. The summed E-state index contributed by atoms with van der Waals surface area (Å²) in [5, 5.41) is 15.3. The first kappa shape index (κ1) is 18.0. The third-order valence-electron chi connectivity index (χ3n) is 5.24. The quantitative estimate of drug-likeness (QED) is 0.484. The van der Waals surface area contributed by atoms with Gasteiger partial charge in [0.1, 0.15) is 11.4 Å². The minimum Gasteiger partial charge on any atom is -0.411 e. The van der Waals surface area contributed by atoms with Crippen LogP contribution in [0.2, 0.25) is 0 Å². The summed E-state index contributed by atoms with van der Waals surface area (Å²) in [4.78, 5) is 28.4. The van der Waals surface area contributed by atoms with E-state index in [1.165, 1.54) is 0 Å². The molecule has 2 aromatic carbocycles. The lowest BCUT2D eigenvalue weighted by Crippen LogP contribution is -2.35. The Labute approximate surface area is 163 Å². The Balaban J connectivity index is 1.75. The SMILES string of the molecule is C/C(=N/O)c1ccc(NC2=C(N3CCCC3)C(=O)c3ccccc3C2=O)cc1. The van der Waals surface area contributed by atoms with Crippen LogP contribution in [0.25, 0.3) is 0 Å². The van der Waals surface area contributed by atoms with Gasteiger partial charge in [-0.2, -0.15) is 0 Å². The van der Waals surface area contributed by atoms with Crippen LogP contribution in [0, 0.1) is 0 Å². The molecule has 2 aromatic rings. The molecule has 0 spiro atoms. The van der Waals surface area contributed by atoms with Crippen molar-refractivity contribution in [3.63, 3.8) is 0 Å². The number of hydrogen-bond donors (Lipinski definition) is 2. The molecule has 1 fully saturated rings. The molecule has 1 aliphatic heterocycles. The molecule has 142 valence electrons. The summed E-state index contributed by atoms with van der Waals surface area (Å²) in [6.45, 7) is 3.25. The van der Waals surface area contributed by atoms with Crippen molar-refractivity contribution in [2.24, 2.45) is 5.16 Å². The van der Waals surface area contributed by atoms with E-state index in [0.29, 0.717) is 33.9 Å². The molecule has 0 radical (unpaired) electrons. The summed E-state index contributed by atoms with van der Waals surface area (Å²) in [5.74, 6) is -0.284. The van der Waals surface area contributed by atoms with E-state index < -0.39 is 0 Å². The molecule has 1 heterocycles. The third kappa shape index (κ3) is 3.07. The summed E-state index contributed by atoms with van der Waals surface area (Å²) < 4.78 is 0. The number of rotatable bonds is 4. The molecule has 4 rings (SSSR count). The molecule has 0 saturated carbocycles. The van der Waals surface area contributed by atoms with Crippen molar-refractivity contribution in [1.82, 2.24) is 4.90 Å². The van der Waals surface area contributed by atoms with Crippen molar-refractivity contribution in [2.45, 2.75) is 19.8 Å². The van der Waals surface area contributed by atoms with E-state index >= 15 is 0 Å². The lowest BCUT2D eigenvalue weighted by molar-refractivity contribution is 0.0948. The zero-order valence-corrected chi connectivity index (χ0v) is 15.6. The standard InChI is InChI=1S/C22H21N3O3/c1-14(24-28)15-8-10-16(11-9-15)23-19-20(25-12-4-5-13-25)22(27)18-7-3-2-6-17(18)21(19)26/h2-3,6-11,23,28H,4-5,12-13H2,1H3/b24-14-. The largest absolute Gasteiger partial charge is 0.411 e. The molecule has 0 amide bonds. The fourth-order valence-corrected chi connectivity index (χ4v) is 3.72. The van der Waals surface area contributed by atoms with Gasteiger partial charge in [0, 0.05) is 29.9 Å². The smallest absolute Gasteiger partial charge is 0.212 e. The second-order valence-corrected chi connectivity index (χ2v) is 7.01. The van der Waals surface area contributed by atoms with Crippen LogP contribution in [-0.4, -0.2) is 40.5 Å². The first-order chi connectivity index (χ1) is 13.6. The molecule has 0 unspecified atom stereocenters. The Kier molecular flexibility index (Phi) is 4.69. The number of hydrogen-bond acceptors (Lipinski definition) is 6. The molecule has 6 nitrogen and oxygen atoms in total. The van der Waals surface area contributed by atoms with Gasteiger partial charge in [0.25, 0.3) is 0 Å². The first-order valence-corrected chi connectivity index (χ1v) is 9.34. The van der Waals surface area contributed by atoms with Gasteiger partial charge in [-0.1, -0.05) is 41.6 Å². The number of oxime groups is 1. The number of benzene rings is 2. The lowest BCUT2D eigenvalue weighted by Gasteiger charge is -2.28. The van der Waals surface area contributed by atoms with E-state index in [2.05, 4.69) is 10.5 Å². The Morgan fingerprint density at radius 2 is 1.57 bits per heavy atom. The number of anilines is 1. The van der Waals surface area contributed by atoms with E-state index in [-0.39, 0.29) is 11.6 Å². The van der Waals surface area contributed by atoms with E-state index in [9.17, 15) is 9.59 Å². The third-order valence-corrected chi connectivity index (χ3v) is 5.24. The van der Waals surface area contributed by atoms with E-state index in [4.69, 9.17) is 5.21 Å². The first-order valence-electron chi connectivity index (χ1n) is 9.34. The van der Waals surface area contributed by atoms with Gasteiger partial charge < -0.3 is 15.4 Å². The minimum atomic E-state index is -0.172. The predicted octanol–water partition coefficient (Wildman–Crippen LogP) is 3.68. The minimum absolute atomic E-state index is 0.112. The second-order valence-electron chi connectivity index (χ2n) is 7.01. The fraction of sp³-hybridized carbons (Fsp3) is 0.227. The van der Waals surface area contributed by atoms with Gasteiger partial charge in [0.2, 0.25) is 11.6 Å². The molecular formula is C22H21N3O3.